The Balaban J connectivity index is 2.00. The number of hydrogen-bond donors (Lipinski definition) is 15. The Morgan fingerprint density at radius 3 is 1.74 bits per heavy atom. The zero-order valence-corrected chi connectivity index (χ0v) is 48.0. The summed E-state index contributed by atoms with van der Waals surface area (Å²) in [6.07, 6.45) is 7.35. The zero-order valence-electron chi connectivity index (χ0n) is 48.0. The Labute approximate surface area is 479 Å². The van der Waals surface area contributed by atoms with Gasteiger partial charge in [-0.15, -0.1) is 0 Å². The predicted octanol–water partition coefficient (Wildman–Crippen LogP) is 0.968. The van der Waals surface area contributed by atoms with Gasteiger partial charge in [0.25, 0.3) is 0 Å². The molecular formula is C59H101N5O17. The minimum atomic E-state index is -2.37. The molecule has 3 heterocycles. The molecule has 2 fully saturated rings. The topological polar surface area (TPSA) is 401 Å². The van der Waals surface area contributed by atoms with Gasteiger partial charge in [0.1, 0.15) is 18.1 Å². The van der Waals surface area contributed by atoms with Gasteiger partial charge in [-0.05, 0) is 71.9 Å². The number of aliphatic carboxylic acids is 1. The minimum Gasteiger partial charge on any atom is -0.481 e. The fraction of sp³-hybridized carbons (Fsp3) is 0.729. The number of allylic oxidation sites excluding steroid dienone is 12. The number of nitrogens with zero attached hydrogens (tertiary/aromatic N) is 1. The van der Waals surface area contributed by atoms with E-state index < -0.39 is 147 Å². The normalized spacial score (nSPS) is 37.0. The van der Waals surface area contributed by atoms with Crippen molar-refractivity contribution in [2.45, 2.75) is 227 Å². The van der Waals surface area contributed by atoms with Crippen molar-refractivity contribution in [1.29, 1.82) is 0 Å². The summed E-state index contributed by atoms with van der Waals surface area (Å²) in [6, 6.07) is -1.74. The van der Waals surface area contributed by atoms with E-state index in [1.54, 1.807) is 81.5 Å². The Morgan fingerprint density at radius 2 is 1.20 bits per heavy atom. The summed E-state index contributed by atoms with van der Waals surface area (Å²) < 4.78 is 24.2. The summed E-state index contributed by atoms with van der Waals surface area (Å²) in [5, 5.41) is 123. The van der Waals surface area contributed by atoms with E-state index in [9.17, 15) is 65.8 Å². The SMILES string of the molecule is C[C@@H]1[C@H](O)[C@@H](C)C=CC=CC=CC=CC=CC=CC=C[C@H](O[C@@H]2O[C@H](C)[C@@H](O)[C@H](N(CC(N)CCCCN)CC(N)CCCCN)[C@@H]2O)C[C@@H]2O[C@](O)(C[C@@H](O)C[C@@H](O)[C@H](O)CC[C@@H](O)C[C@@H](O)CC(=O)O[C@H]1C)C[C@H](O)[C@H]2C(=O)O. The number of esters is 1. The lowest BCUT2D eigenvalue weighted by Crippen LogP contribution is -2.66. The number of fused-ring (bicyclic) bond motifs is 2. The van der Waals surface area contributed by atoms with E-state index in [2.05, 4.69) is 0 Å². The van der Waals surface area contributed by atoms with Gasteiger partial charge in [-0.25, -0.2) is 0 Å². The maximum atomic E-state index is 12.9. The van der Waals surface area contributed by atoms with E-state index in [-0.39, 0.29) is 56.8 Å². The van der Waals surface area contributed by atoms with Crippen molar-refractivity contribution in [2.24, 2.45) is 40.7 Å². The Morgan fingerprint density at radius 1 is 0.654 bits per heavy atom. The average molecular weight is 1150 g/mol. The van der Waals surface area contributed by atoms with Gasteiger partial charge >= 0.3 is 11.9 Å². The number of nitrogens with two attached hydrogens (primary N) is 4. The maximum Gasteiger partial charge on any atom is 0.311 e. The van der Waals surface area contributed by atoms with Crippen LogP contribution < -0.4 is 22.9 Å². The lowest BCUT2D eigenvalue weighted by Gasteiger charge is -2.48. The fourth-order valence-electron chi connectivity index (χ4n) is 10.6. The van der Waals surface area contributed by atoms with Crippen molar-refractivity contribution in [1.82, 2.24) is 4.90 Å². The molecular weight excluding hydrogens is 1050 g/mol. The number of carboxylic acids is 1. The summed E-state index contributed by atoms with van der Waals surface area (Å²) in [4.78, 5) is 27.4. The van der Waals surface area contributed by atoms with E-state index in [4.69, 9.17) is 41.9 Å². The monoisotopic (exact) mass is 1150 g/mol. The molecule has 2 unspecified atom stereocenters. The van der Waals surface area contributed by atoms with Crippen molar-refractivity contribution in [2.75, 3.05) is 26.2 Å². The van der Waals surface area contributed by atoms with Gasteiger partial charge < -0.3 is 98.1 Å². The molecule has 21 atom stereocenters. The van der Waals surface area contributed by atoms with Crippen molar-refractivity contribution >= 4 is 11.9 Å². The van der Waals surface area contributed by atoms with Crippen LogP contribution in [0.5, 0.6) is 0 Å². The number of carbonyl (C=O) groups excluding carboxylic acids is 1. The number of carbonyl (C=O) groups is 2. The Kier molecular flexibility index (Phi) is 33.3. The Bertz CT molecular complexity index is 1990. The van der Waals surface area contributed by atoms with Crippen LogP contribution >= 0.6 is 0 Å². The highest BCUT2D eigenvalue weighted by atomic mass is 16.7. The summed E-state index contributed by atoms with van der Waals surface area (Å²) in [5.41, 5.74) is 24.8. The van der Waals surface area contributed by atoms with Gasteiger partial charge in [-0.2, -0.15) is 0 Å². The van der Waals surface area contributed by atoms with Crippen molar-refractivity contribution in [3.63, 3.8) is 0 Å². The van der Waals surface area contributed by atoms with Crippen LogP contribution in [0.3, 0.4) is 0 Å². The van der Waals surface area contributed by atoms with Gasteiger partial charge in [0.05, 0.1) is 79.6 Å². The zero-order chi connectivity index (χ0) is 60.2. The van der Waals surface area contributed by atoms with Crippen molar-refractivity contribution in [3.05, 3.63) is 85.1 Å². The fourth-order valence-corrected chi connectivity index (χ4v) is 10.6. The molecule has 0 amide bonds. The third-order valence-electron chi connectivity index (χ3n) is 15.4. The number of ether oxygens (including phenoxy) is 4. The maximum absolute atomic E-state index is 12.9. The molecule has 0 saturated carbocycles. The number of cyclic esters (lactones) is 1. The summed E-state index contributed by atoms with van der Waals surface area (Å²) in [6.45, 7) is 8.34. The van der Waals surface area contributed by atoms with Crippen molar-refractivity contribution in [3.8, 4) is 0 Å². The second kappa shape index (κ2) is 37.7. The van der Waals surface area contributed by atoms with Crippen molar-refractivity contribution < 1.29 is 84.7 Å². The number of hydrogen-bond acceptors (Lipinski definition) is 21. The number of carboxylic acid groups (broad SMARTS) is 1. The lowest BCUT2D eigenvalue weighted by atomic mass is 9.82. The van der Waals surface area contributed by atoms with Gasteiger partial charge in [0.15, 0.2) is 12.1 Å². The number of unbranched alkanes of at least 4 members (excludes halogenated alkanes) is 2. The first-order valence-electron chi connectivity index (χ1n) is 29.0. The third kappa shape index (κ3) is 26.1. The highest BCUT2D eigenvalue weighted by molar-refractivity contribution is 5.71. The number of rotatable bonds is 16. The van der Waals surface area contributed by atoms with Crippen LogP contribution in [0.1, 0.15) is 118 Å². The third-order valence-corrected chi connectivity index (χ3v) is 15.4. The second-order valence-electron chi connectivity index (χ2n) is 22.5. The molecule has 2 bridgehead atoms. The lowest BCUT2D eigenvalue weighted by molar-refractivity contribution is -0.312. The summed E-state index contributed by atoms with van der Waals surface area (Å²) >= 11 is 0. The van der Waals surface area contributed by atoms with Crippen LogP contribution in [0.2, 0.25) is 0 Å². The molecule has 2 saturated heterocycles. The van der Waals surface area contributed by atoms with Crippen LogP contribution in [0.25, 0.3) is 0 Å². The Hall–Kier alpha value is -3.60. The number of aliphatic hydroxyl groups excluding tert-OH is 9. The molecule has 19 N–H and O–H groups in total. The largest absolute Gasteiger partial charge is 0.481 e. The molecule has 0 aromatic rings. The van der Waals surface area contributed by atoms with E-state index in [0.717, 1.165) is 25.7 Å². The van der Waals surface area contributed by atoms with Gasteiger partial charge in [0, 0.05) is 62.7 Å². The van der Waals surface area contributed by atoms with Crippen LogP contribution in [-0.4, -0.2) is 209 Å². The first-order chi connectivity index (χ1) is 38.4. The summed E-state index contributed by atoms with van der Waals surface area (Å²) in [5.74, 6) is -6.96. The second-order valence-corrected chi connectivity index (χ2v) is 22.5. The molecule has 22 heteroatoms. The molecule has 3 rings (SSSR count). The standard InChI is InChI=1S/C59H101N5O17/c1-37-21-15-13-11-9-7-5-6-8-10-12-14-16-24-46(80-58-56(74)53(55(73)40(4)79-58)64(35-41(62)22-17-19-27-60)36-42(63)23-18-20-28-61)32-50-52(57(75)76)49(70)34-59(77,81-50)33-45(67)30-48(69)47(68)26-25-43(65)29-44(66)31-51(71)78-39(3)38(2)54(37)72/h5-16,21,24,37-50,52-56,58,65-70,72-74,77H,17-20,22-23,25-36,60-63H2,1-4H3,(H,75,76)/t37-,38-,39-,40+,41?,42?,43+,44+,45-,46-,47+,48+,49-,50-,52+,53-,54+,55+,56-,58-,59+/m0/s1. The number of aliphatic hydroxyl groups is 10. The first-order valence-corrected chi connectivity index (χ1v) is 29.0. The van der Waals surface area contributed by atoms with E-state index >= 15 is 0 Å². The van der Waals surface area contributed by atoms with Gasteiger partial charge in [-0.1, -0.05) is 112 Å². The van der Waals surface area contributed by atoms with E-state index in [1.807, 2.05) is 36.1 Å². The van der Waals surface area contributed by atoms with Gasteiger partial charge in [-0.3, -0.25) is 14.5 Å². The van der Waals surface area contributed by atoms with Crippen LogP contribution in [0.15, 0.2) is 85.1 Å². The minimum absolute atomic E-state index is 0.120. The van der Waals surface area contributed by atoms with Gasteiger partial charge in [0.2, 0.25) is 0 Å². The molecule has 3 aliphatic heterocycles. The predicted molar refractivity (Wildman–Crippen MR) is 306 cm³/mol. The first kappa shape index (κ1) is 71.7. The smallest absolute Gasteiger partial charge is 0.311 e. The van der Waals surface area contributed by atoms with E-state index in [0.29, 0.717) is 25.9 Å². The van der Waals surface area contributed by atoms with Crippen LogP contribution in [0.4, 0.5) is 0 Å². The molecule has 22 nitrogen and oxygen atoms in total. The highest BCUT2D eigenvalue weighted by Crippen LogP contribution is 2.38. The highest BCUT2D eigenvalue weighted by Gasteiger charge is 2.52. The molecule has 0 aromatic carbocycles. The molecule has 3 aliphatic rings. The molecule has 81 heavy (non-hydrogen) atoms. The molecule has 0 spiro atoms. The average Bonchev–Trinajstić information content (AvgIpc) is 3.45. The van der Waals surface area contributed by atoms with E-state index in [1.165, 1.54) is 0 Å². The van der Waals surface area contributed by atoms with Crippen LogP contribution in [0, 0.1) is 17.8 Å². The summed E-state index contributed by atoms with van der Waals surface area (Å²) in [7, 11) is 0. The molecule has 0 aromatic heterocycles. The molecule has 0 aliphatic carbocycles. The molecule has 464 valence electrons. The quantitative estimate of drug-likeness (QED) is 0.0756. The van der Waals surface area contributed by atoms with Crippen LogP contribution in [-0.2, 0) is 28.5 Å². The molecule has 0 radical (unpaired) electrons.